The van der Waals surface area contributed by atoms with Crippen LogP contribution in [0.4, 0.5) is 17.6 Å². The maximum atomic E-state index is 13.3. The monoisotopic (exact) mass is 255 g/mol. The fraction of sp³-hybridized carbons (Fsp3) is 0.727. The van der Waals surface area contributed by atoms with Crippen molar-refractivity contribution in [3.05, 3.63) is 12.2 Å². The van der Waals surface area contributed by atoms with Crippen LogP contribution in [0.3, 0.4) is 0 Å². The van der Waals surface area contributed by atoms with Crippen LogP contribution in [0.5, 0.6) is 0 Å². The van der Waals surface area contributed by atoms with Crippen molar-refractivity contribution in [1.29, 1.82) is 0 Å². The summed E-state index contributed by atoms with van der Waals surface area (Å²) in [6.07, 6.45) is -0.516. The number of carbonyl (C=O) groups is 1. The Balaban J connectivity index is 4.34. The molecule has 6 heteroatoms. The number of allylic oxidation sites excluding steroid dienone is 2. The predicted octanol–water partition coefficient (Wildman–Crippen LogP) is 3.27. The Bertz CT molecular complexity index is 275. The number of hydrogen-bond acceptors (Lipinski definition) is 1. The van der Waals surface area contributed by atoms with Crippen molar-refractivity contribution in [3.8, 4) is 0 Å². The van der Waals surface area contributed by atoms with Gasteiger partial charge in [-0.1, -0.05) is 31.9 Å². The third kappa shape index (κ3) is 4.75. The molecule has 0 aliphatic carbocycles. The molecule has 0 bridgehead atoms. The minimum absolute atomic E-state index is 0.570. The summed E-state index contributed by atoms with van der Waals surface area (Å²) in [6.45, 7) is 1.99. The normalized spacial score (nSPS) is 16.1. The van der Waals surface area contributed by atoms with Gasteiger partial charge in [0, 0.05) is 6.42 Å². The number of rotatable bonds is 7. The molecule has 0 aromatic rings. The van der Waals surface area contributed by atoms with E-state index in [1.165, 1.54) is 6.08 Å². The van der Waals surface area contributed by atoms with E-state index in [9.17, 15) is 22.4 Å². The van der Waals surface area contributed by atoms with E-state index in [-0.39, 0.29) is 0 Å². The smallest absolute Gasteiger partial charge is 0.367 e. The van der Waals surface area contributed by atoms with Crippen molar-refractivity contribution in [2.75, 3.05) is 0 Å². The van der Waals surface area contributed by atoms with Gasteiger partial charge in [0.1, 0.15) is 0 Å². The Morgan fingerprint density at radius 3 is 2.18 bits per heavy atom. The van der Waals surface area contributed by atoms with E-state index < -0.39 is 24.2 Å². The van der Waals surface area contributed by atoms with Crippen LogP contribution < -0.4 is 5.73 Å². The van der Waals surface area contributed by atoms with E-state index in [0.29, 0.717) is 6.42 Å². The van der Waals surface area contributed by atoms with Crippen LogP contribution in [-0.2, 0) is 4.79 Å². The summed E-state index contributed by atoms with van der Waals surface area (Å²) in [5.74, 6) is -2.00. The average molecular weight is 255 g/mol. The molecule has 17 heavy (non-hydrogen) atoms. The summed E-state index contributed by atoms with van der Waals surface area (Å²) >= 11 is 0. The molecule has 0 radical (unpaired) electrons. The molecule has 0 saturated heterocycles. The van der Waals surface area contributed by atoms with Gasteiger partial charge in [0.05, 0.1) is 0 Å². The van der Waals surface area contributed by atoms with Crippen LogP contribution in [0, 0.1) is 0 Å². The van der Waals surface area contributed by atoms with Crippen LogP contribution >= 0.6 is 0 Å². The van der Waals surface area contributed by atoms with Crippen molar-refractivity contribution < 1.29 is 22.4 Å². The number of alkyl halides is 4. The summed E-state index contributed by atoms with van der Waals surface area (Å²) in [7, 11) is 0. The summed E-state index contributed by atoms with van der Waals surface area (Å²) < 4.78 is 50.2. The Labute approximate surface area is 97.9 Å². The molecule has 0 saturated carbocycles. The molecule has 0 fully saturated rings. The van der Waals surface area contributed by atoms with E-state index in [1.54, 1.807) is 0 Å². The van der Waals surface area contributed by atoms with Crippen molar-refractivity contribution >= 4 is 5.91 Å². The molecular formula is C11H17F4NO. The maximum absolute atomic E-state index is 13.3. The molecule has 0 aromatic heterocycles. The molecule has 1 amide bonds. The first-order chi connectivity index (χ1) is 7.75. The number of nitrogens with two attached hydrogens (primary N) is 1. The minimum Gasteiger partial charge on any atom is -0.367 e. The molecule has 0 spiro atoms. The zero-order chi connectivity index (χ0) is 13.5. The third-order valence-electron chi connectivity index (χ3n) is 2.38. The summed E-state index contributed by atoms with van der Waals surface area (Å²) in [4.78, 5) is 10.5. The second-order valence-corrected chi connectivity index (χ2v) is 3.83. The van der Waals surface area contributed by atoms with E-state index in [0.717, 1.165) is 25.3 Å². The molecule has 0 rings (SSSR count). The molecule has 0 aliphatic rings. The third-order valence-corrected chi connectivity index (χ3v) is 2.38. The summed E-state index contributed by atoms with van der Waals surface area (Å²) in [5.41, 5.74) is 0.488. The maximum Gasteiger partial charge on any atom is 0.432 e. The Hall–Kier alpha value is -1.07. The predicted molar refractivity (Wildman–Crippen MR) is 57.0 cm³/mol. The van der Waals surface area contributed by atoms with Gasteiger partial charge in [0.25, 0.3) is 11.6 Å². The lowest BCUT2D eigenvalue weighted by molar-refractivity contribution is -0.224. The summed E-state index contributed by atoms with van der Waals surface area (Å²) in [6, 6.07) is 0. The fourth-order valence-electron chi connectivity index (χ4n) is 1.23. The van der Waals surface area contributed by atoms with Gasteiger partial charge in [0.15, 0.2) is 0 Å². The first-order valence-electron chi connectivity index (χ1n) is 5.46. The molecule has 0 aromatic carbocycles. The van der Waals surface area contributed by atoms with Gasteiger partial charge in [-0.25, -0.2) is 4.39 Å². The van der Waals surface area contributed by atoms with Gasteiger partial charge in [0.2, 0.25) is 0 Å². The standard InChI is InChI=1S/C11H17F4NO/c1-2-3-4-5-6-7-8-10(12,9(16)17)11(13,14)15/h6-7H,2-5,8H2,1H3,(H2,16,17). The SMILES string of the molecule is CCCCCC=CCC(F)(C(N)=O)C(F)(F)F. The zero-order valence-electron chi connectivity index (χ0n) is 9.69. The van der Waals surface area contributed by atoms with Crippen molar-refractivity contribution in [3.63, 3.8) is 0 Å². The minimum atomic E-state index is -5.27. The molecule has 100 valence electrons. The second-order valence-electron chi connectivity index (χ2n) is 3.83. The van der Waals surface area contributed by atoms with Crippen LogP contribution in [0.15, 0.2) is 12.2 Å². The Morgan fingerprint density at radius 1 is 1.18 bits per heavy atom. The molecule has 0 aliphatic heterocycles. The first-order valence-corrected chi connectivity index (χ1v) is 5.46. The number of carbonyl (C=O) groups excluding carboxylic acids is 1. The van der Waals surface area contributed by atoms with Crippen LogP contribution in [0.2, 0.25) is 0 Å². The van der Waals surface area contributed by atoms with Crippen LogP contribution in [0.25, 0.3) is 0 Å². The molecule has 2 N–H and O–H groups in total. The quantitative estimate of drug-likeness (QED) is 0.423. The number of halogens is 4. The van der Waals surface area contributed by atoms with Gasteiger partial charge in [-0.2, -0.15) is 13.2 Å². The topological polar surface area (TPSA) is 43.1 Å². The van der Waals surface area contributed by atoms with Gasteiger partial charge in [-0.3, -0.25) is 4.79 Å². The largest absolute Gasteiger partial charge is 0.432 e. The fourth-order valence-corrected chi connectivity index (χ4v) is 1.23. The van der Waals surface area contributed by atoms with Crippen molar-refractivity contribution in [1.82, 2.24) is 0 Å². The van der Waals surface area contributed by atoms with Gasteiger partial charge in [-0.15, -0.1) is 0 Å². The molecule has 2 nitrogen and oxygen atoms in total. The van der Waals surface area contributed by atoms with Crippen molar-refractivity contribution in [2.24, 2.45) is 5.73 Å². The number of hydrogen-bond donors (Lipinski definition) is 1. The highest BCUT2D eigenvalue weighted by Crippen LogP contribution is 2.36. The van der Waals surface area contributed by atoms with Crippen molar-refractivity contribution in [2.45, 2.75) is 50.9 Å². The van der Waals surface area contributed by atoms with E-state index in [2.05, 4.69) is 5.73 Å². The van der Waals surface area contributed by atoms with E-state index in [1.807, 2.05) is 6.92 Å². The molecule has 1 atom stereocenters. The second kappa shape index (κ2) is 6.61. The lowest BCUT2D eigenvalue weighted by Crippen LogP contribution is -2.51. The average Bonchev–Trinajstić information content (AvgIpc) is 2.20. The lowest BCUT2D eigenvalue weighted by Gasteiger charge is -2.23. The Morgan fingerprint density at radius 2 is 1.76 bits per heavy atom. The van der Waals surface area contributed by atoms with Crippen LogP contribution in [-0.4, -0.2) is 17.8 Å². The number of amides is 1. The molecular weight excluding hydrogens is 238 g/mol. The van der Waals surface area contributed by atoms with Gasteiger partial charge in [-0.05, 0) is 12.8 Å². The summed E-state index contributed by atoms with van der Waals surface area (Å²) in [5, 5.41) is 0. The lowest BCUT2D eigenvalue weighted by atomic mass is 10.00. The van der Waals surface area contributed by atoms with Gasteiger partial charge >= 0.3 is 6.18 Å². The molecule has 1 unspecified atom stereocenters. The number of primary amides is 1. The zero-order valence-corrected chi connectivity index (χ0v) is 9.69. The Kier molecular flexibility index (Phi) is 6.20. The highest BCUT2D eigenvalue weighted by Gasteiger charge is 2.59. The molecule has 0 heterocycles. The first kappa shape index (κ1) is 15.9. The highest BCUT2D eigenvalue weighted by molar-refractivity contribution is 5.84. The van der Waals surface area contributed by atoms with E-state index >= 15 is 0 Å². The van der Waals surface area contributed by atoms with E-state index in [4.69, 9.17) is 0 Å². The highest BCUT2D eigenvalue weighted by atomic mass is 19.4. The van der Waals surface area contributed by atoms with Gasteiger partial charge < -0.3 is 5.73 Å². The number of unbranched alkanes of at least 4 members (excludes halogenated alkanes) is 3. The van der Waals surface area contributed by atoms with Crippen LogP contribution in [0.1, 0.15) is 39.0 Å².